The number of hydrogen-bond acceptors (Lipinski definition) is 3. The molecule has 0 aliphatic heterocycles. The minimum atomic E-state index is 0.0553. The van der Waals surface area contributed by atoms with Crippen molar-refractivity contribution in [3.8, 4) is 0 Å². The Balaban J connectivity index is 1.97. The third kappa shape index (κ3) is 3.81. The molecule has 1 saturated carbocycles. The number of thiophene rings is 1. The number of hydrogen-bond donors (Lipinski definition) is 1. The Morgan fingerprint density at radius 1 is 1.33 bits per heavy atom. The lowest BCUT2D eigenvalue weighted by atomic mass is 9.82. The van der Waals surface area contributed by atoms with Crippen molar-refractivity contribution in [2.45, 2.75) is 64.1 Å². The topological polar surface area (TPSA) is 29.3 Å². The monoisotopic (exact) mass is 266 g/mol. The van der Waals surface area contributed by atoms with Crippen LogP contribution >= 0.6 is 11.3 Å². The molecular formula is C15H26N2S. The van der Waals surface area contributed by atoms with Crippen LogP contribution in [0.1, 0.15) is 50.8 Å². The van der Waals surface area contributed by atoms with Crippen LogP contribution in [0.2, 0.25) is 0 Å². The first-order valence-electron chi connectivity index (χ1n) is 7.14. The molecule has 0 spiro atoms. The summed E-state index contributed by atoms with van der Waals surface area (Å²) in [4.78, 5) is 3.99. The number of rotatable bonds is 5. The lowest BCUT2D eigenvalue weighted by Gasteiger charge is -2.39. The molecule has 1 aromatic rings. The molecule has 2 nitrogen and oxygen atoms in total. The van der Waals surface area contributed by atoms with Crippen LogP contribution in [0.25, 0.3) is 0 Å². The van der Waals surface area contributed by atoms with Crippen LogP contribution in [0, 0.1) is 0 Å². The van der Waals surface area contributed by atoms with Crippen molar-refractivity contribution in [1.29, 1.82) is 0 Å². The summed E-state index contributed by atoms with van der Waals surface area (Å²) in [5, 5.41) is 2.16. The summed E-state index contributed by atoms with van der Waals surface area (Å²) in [7, 11) is 0. The molecule has 1 heterocycles. The Morgan fingerprint density at radius 2 is 2.06 bits per heavy atom. The van der Waals surface area contributed by atoms with Gasteiger partial charge in [0.15, 0.2) is 0 Å². The van der Waals surface area contributed by atoms with Crippen LogP contribution < -0.4 is 5.73 Å². The summed E-state index contributed by atoms with van der Waals surface area (Å²) >= 11 is 1.85. The molecule has 3 heteroatoms. The predicted octanol–water partition coefficient (Wildman–Crippen LogP) is 3.62. The van der Waals surface area contributed by atoms with Gasteiger partial charge >= 0.3 is 0 Å². The van der Waals surface area contributed by atoms with Gasteiger partial charge in [0.05, 0.1) is 0 Å². The zero-order valence-electron chi connectivity index (χ0n) is 11.7. The molecule has 2 rings (SSSR count). The van der Waals surface area contributed by atoms with Crippen LogP contribution in [-0.4, -0.2) is 23.0 Å². The quantitative estimate of drug-likeness (QED) is 0.882. The Hall–Kier alpha value is -0.380. The highest BCUT2D eigenvalue weighted by Crippen LogP contribution is 2.28. The van der Waals surface area contributed by atoms with Gasteiger partial charge in [-0.15, -0.1) is 11.3 Å². The fraction of sp³-hybridized carbons (Fsp3) is 0.733. The molecule has 1 aromatic heterocycles. The highest BCUT2D eigenvalue weighted by Gasteiger charge is 2.30. The SMILES string of the molecule is CC(C)N(Cc1cccs1)CC1(N)CCCCC1. The molecule has 1 fully saturated rings. The van der Waals surface area contributed by atoms with Crippen molar-refractivity contribution in [1.82, 2.24) is 4.90 Å². The average molecular weight is 266 g/mol. The van der Waals surface area contributed by atoms with Crippen molar-refractivity contribution >= 4 is 11.3 Å². The van der Waals surface area contributed by atoms with Crippen LogP contribution in [-0.2, 0) is 6.54 Å². The summed E-state index contributed by atoms with van der Waals surface area (Å²) in [5.41, 5.74) is 6.64. The minimum absolute atomic E-state index is 0.0553. The van der Waals surface area contributed by atoms with Crippen LogP contribution in [0.15, 0.2) is 17.5 Å². The van der Waals surface area contributed by atoms with E-state index in [1.807, 2.05) is 11.3 Å². The van der Waals surface area contributed by atoms with E-state index < -0.39 is 0 Å². The third-order valence-electron chi connectivity index (χ3n) is 4.04. The second-order valence-electron chi connectivity index (χ2n) is 6.00. The first-order chi connectivity index (χ1) is 8.59. The molecule has 0 radical (unpaired) electrons. The number of nitrogens with two attached hydrogens (primary N) is 1. The maximum absolute atomic E-state index is 6.59. The lowest BCUT2D eigenvalue weighted by Crippen LogP contribution is -2.52. The summed E-state index contributed by atoms with van der Waals surface area (Å²) in [6, 6.07) is 4.93. The molecule has 0 bridgehead atoms. The van der Waals surface area contributed by atoms with Crippen LogP contribution in [0.3, 0.4) is 0 Å². The highest BCUT2D eigenvalue weighted by molar-refractivity contribution is 7.09. The summed E-state index contributed by atoms with van der Waals surface area (Å²) in [6.07, 6.45) is 6.37. The van der Waals surface area contributed by atoms with E-state index in [-0.39, 0.29) is 5.54 Å². The molecule has 1 aliphatic carbocycles. The summed E-state index contributed by atoms with van der Waals surface area (Å²) < 4.78 is 0. The van der Waals surface area contributed by atoms with E-state index in [1.54, 1.807) is 0 Å². The molecule has 18 heavy (non-hydrogen) atoms. The van der Waals surface area contributed by atoms with Gasteiger partial charge in [0.1, 0.15) is 0 Å². The van der Waals surface area contributed by atoms with E-state index >= 15 is 0 Å². The van der Waals surface area contributed by atoms with Gasteiger partial charge in [-0.2, -0.15) is 0 Å². The highest BCUT2D eigenvalue weighted by atomic mass is 32.1. The molecule has 0 amide bonds. The molecule has 1 aliphatic rings. The van der Waals surface area contributed by atoms with Crippen molar-refractivity contribution in [2.24, 2.45) is 5.73 Å². The largest absolute Gasteiger partial charge is 0.324 e. The molecule has 0 unspecified atom stereocenters. The smallest absolute Gasteiger partial charge is 0.0331 e. The summed E-state index contributed by atoms with van der Waals surface area (Å²) in [6.45, 7) is 6.65. The molecule has 0 aromatic carbocycles. The van der Waals surface area contributed by atoms with Crippen molar-refractivity contribution in [3.63, 3.8) is 0 Å². The van der Waals surface area contributed by atoms with Gasteiger partial charge in [-0.3, -0.25) is 4.90 Å². The molecule has 2 N–H and O–H groups in total. The van der Waals surface area contributed by atoms with E-state index in [4.69, 9.17) is 5.73 Å². The van der Waals surface area contributed by atoms with Gasteiger partial charge < -0.3 is 5.73 Å². The molecule has 102 valence electrons. The standard InChI is InChI=1S/C15H26N2S/c1-13(2)17(11-14-7-6-10-18-14)12-15(16)8-4-3-5-9-15/h6-7,10,13H,3-5,8-9,11-12,16H2,1-2H3. The Kier molecular flexibility index (Phi) is 4.82. The average Bonchev–Trinajstić information content (AvgIpc) is 2.81. The number of nitrogens with zero attached hydrogens (tertiary/aromatic N) is 1. The lowest BCUT2D eigenvalue weighted by molar-refractivity contribution is 0.137. The predicted molar refractivity (Wildman–Crippen MR) is 79.9 cm³/mol. The van der Waals surface area contributed by atoms with E-state index in [9.17, 15) is 0 Å². The molecule has 0 atom stereocenters. The van der Waals surface area contributed by atoms with Gasteiger partial charge in [-0.1, -0.05) is 25.3 Å². The van der Waals surface area contributed by atoms with Gasteiger partial charge in [-0.25, -0.2) is 0 Å². The fourth-order valence-corrected chi connectivity index (χ4v) is 3.57. The molecular weight excluding hydrogens is 240 g/mol. The van der Waals surface area contributed by atoms with Gasteiger partial charge in [0.2, 0.25) is 0 Å². The van der Waals surface area contributed by atoms with Crippen LogP contribution in [0.5, 0.6) is 0 Å². The van der Waals surface area contributed by atoms with E-state index in [0.717, 1.165) is 13.1 Å². The minimum Gasteiger partial charge on any atom is -0.324 e. The van der Waals surface area contributed by atoms with Gasteiger partial charge in [0, 0.05) is 29.5 Å². The van der Waals surface area contributed by atoms with E-state index in [1.165, 1.54) is 37.0 Å². The first kappa shape index (κ1) is 14.0. The van der Waals surface area contributed by atoms with E-state index in [0.29, 0.717) is 6.04 Å². The Morgan fingerprint density at radius 3 is 2.61 bits per heavy atom. The zero-order chi connectivity index (χ0) is 13.0. The van der Waals surface area contributed by atoms with Crippen molar-refractivity contribution in [3.05, 3.63) is 22.4 Å². The van der Waals surface area contributed by atoms with E-state index in [2.05, 4.69) is 36.3 Å². The maximum Gasteiger partial charge on any atom is 0.0331 e. The second kappa shape index (κ2) is 6.18. The van der Waals surface area contributed by atoms with Crippen molar-refractivity contribution in [2.75, 3.05) is 6.54 Å². The van der Waals surface area contributed by atoms with Gasteiger partial charge in [-0.05, 0) is 38.1 Å². The van der Waals surface area contributed by atoms with Crippen LogP contribution in [0.4, 0.5) is 0 Å². The first-order valence-corrected chi connectivity index (χ1v) is 8.02. The normalized spacial score (nSPS) is 19.6. The van der Waals surface area contributed by atoms with Gasteiger partial charge in [0.25, 0.3) is 0 Å². The Bertz CT molecular complexity index is 339. The Labute approximate surface area is 115 Å². The third-order valence-corrected chi connectivity index (χ3v) is 4.90. The zero-order valence-corrected chi connectivity index (χ0v) is 12.5. The molecule has 0 saturated heterocycles. The van der Waals surface area contributed by atoms with Crippen molar-refractivity contribution < 1.29 is 0 Å². The summed E-state index contributed by atoms with van der Waals surface area (Å²) in [5.74, 6) is 0. The fourth-order valence-electron chi connectivity index (χ4n) is 2.84. The maximum atomic E-state index is 6.59. The second-order valence-corrected chi connectivity index (χ2v) is 7.03.